The number of hydrogen-bond acceptors (Lipinski definition) is 1. The van der Waals surface area contributed by atoms with Crippen molar-refractivity contribution in [3.63, 3.8) is 0 Å². The molecule has 0 atom stereocenters. The summed E-state index contributed by atoms with van der Waals surface area (Å²) in [5.41, 5.74) is 1.88. The fraction of sp³-hybridized carbons (Fsp3) is 0.222. The SMILES string of the molecule is Cc1c(Cl)ccc(C(=O)O)c1C. The van der Waals surface area contributed by atoms with Crippen molar-refractivity contribution in [1.29, 1.82) is 0 Å². The molecule has 1 rings (SSSR count). The number of halogens is 1. The number of carboxylic acids is 1. The van der Waals surface area contributed by atoms with Crippen LogP contribution in [-0.4, -0.2) is 11.1 Å². The lowest BCUT2D eigenvalue weighted by Crippen LogP contribution is -2.01. The summed E-state index contributed by atoms with van der Waals surface area (Å²) >= 11 is 5.80. The predicted molar refractivity (Wildman–Crippen MR) is 47.9 cm³/mol. The Balaban J connectivity index is 3.36. The van der Waals surface area contributed by atoms with Crippen LogP contribution in [0.5, 0.6) is 0 Å². The lowest BCUT2D eigenvalue weighted by molar-refractivity contribution is 0.0696. The molecule has 0 unspecified atom stereocenters. The van der Waals surface area contributed by atoms with E-state index < -0.39 is 5.97 Å². The van der Waals surface area contributed by atoms with Gasteiger partial charge in [0.25, 0.3) is 0 Å². The molecule has 1 N–H and O–H groups in total. The van der Waals surface area contributed by atoms with Crippen LogP contribution in [0.1, 0.15) is 21.5 Å². The first kappa shape index (κ1) is 9.07. The third-order valence-corrected chi connectivity index (χ3v) is 2.36. The van der Waals surface area contributed by atoms with Crippen LogP contribution in [0.3, 0.4) is 0 Å². The Morgan fingerprint density at radius 1 is 1.33 bits per heavy atom. The zero-order chi connectivity index (χ0) is 9.30. The minimum Gasteiger partial charge on any atom is -0.478 e. The van der Waals surface area contributed by atoms with Crippen LogP contribution in [0, 0.1) is 13.8 Å². The Morgan fingerprint density at radius 3 is 2.42 bits per heavy atom. The highest BCUT2D eigenvalue weighted by Gasteiger charge is 2.09. The molecule has 0 bridgehead atoms. The van der Waals surface area contributed by atoms with Crippen LogP contribution in [0.15, 0.2) is 12.1 Å². The van der Waals surface area contributed by atoms with Crippen LogP contribution in [-0.2, 0) is 0 Å². The normalized spacial score (nSPS) is 9.92. The molecule has 0 saturated heterocycles. The Hall–Kier alpha value is -1.02. The molecule has 0 radical (unpaired) electrons. The van der Waals surface area contributed by atoms with Crippen LogP contribution in [0.2, 0.25) is 5.02 Å². The molecule has 0 aliphatic carbocycles. The van der Waals surface area contributed by atoms with E-state index in [4.69, 9.17) is 16.7 Å². The van der Waals surface area contributed by atoms with Gasteiger partial charge in [-0.2, -0.15) is 0 Å². The lowest BCUT2D eigenvalue weighted by atomic mass is 10.0. The van der Waals surface area contributed by atoms with Gasteiger partial charge in [-0.05, 0) is 37.1 Å². The van der Waals surface area contributed by atoms with Crippen molar-refractivity contribution in [2.45, 2.75) is 13.8 Å². The predicted octanol–water partition coefficient (Wildman–Crippen LogP) is 2.66. The van der Waals surface area contributed by atoms with E-state index in [2.05, 4.69) is 0 Å². The first-order valence-electron chi connectivity index (χ1n) is 3.53. The number of benzene rings is 1. The van der Waals surface area contributed by atoms with Crippen LogP contribution in [0.25, 0.3) is 0 Å². The summed E-state index contributed by atoms with van der Waals surface area (Å²) in [4.78, 5) is 10.6. The van der Waals surface area contributed by atoms with Crippen molar-refractivity contribution in [1.82, 2.24) is 0 Å². The van der Waals surface area contributed by atoms with Crippen molar-refractivity contribution in [3.05, 3.63) is 33.8 Å². The van der Waals surface area contributed by atoms with E-state index in [0.717, 1.165) is 11.1 Å². The third kappa shape index (κ3) is 1.43. The van der Waals surface area contributed by atoms with Gasteiger partial charge in [-0.25, -0.2) is 4.79 Å². The number of aromatic carboxylic acids is 1. The van der Waals surface area contributed by atoms with Gasteiger partial charge in [-0.15, -0.1) is 0 Å². The van der Waals surface area contributed by atoms with E-state index in [-0.39, 0.29) is 0 Å². The van der Waals surface area contributed by atoms with E-state index in [1.165, 1.54) is 6.07 Å². The number of carbonyl (C=O) groups is 1. The van der Waals surface area contributed by atoms with Crippen molar-refractivity contribution >= 4 is 17.6 Å². The van der Waals surface area contributed by atoms with Gasteiger partial charge >= 0.3 is 5.97 Å². The van der Waals surface area contributed by atoms with Gasteiger partial charge in [0.15, 0.2) is 0 Å². The second kappa shape index (κ2) is 3.15. The van der Waals surface area contributed by atoms with E-state index in [9.17, 15) is 4.79 Å². The first-order valence-corrected chi connectivity index (χ1v) is 3.91. The molecule has 2 nitrogen and oxygen atoms in total. The molecule has 1 aromatic carbocycles. The van der Waals surface area contributed by atoms with Gasteiger partial charge in [0.05, 0.1) is 5.56 Å². The molecule has 12 heavy (non-hydrogen) atoms. The quantitative estimate of drug-likeness (QED) is 0.729. The van der Waals surface area contributed by atoms with Crippen molar-refractivity contribution < 1.29 is 9.90 Å². The summed E-state index contributed by atoms with van der Waals surface area (Å²) in [5, 5.41) is 9.35. The minimum atomic E-state index is -0.910. The Labute approximate surface area is 75.8 Å². The molecule has 3 heteroatoms. The zero-order valence-electron chi connectivity index (χ0n) is 6.89. The fourth-order valence-electron chi connectivity index (χ4n) is 1.02. The summed E-state index contributed by atoms with van der Waals surface area (Å²) in [5.74, 6) is -0.910. The van der Waals surface area contributed by atoms with Crippen LogP contribution in [0.4, 0.5) is 0 Å². The van der Waals surface area contributed by atoms with Gasteiger partial charge in [0, 0.05) is 5.02 Å². The number of hydrogen-bond donors (Lipinski definition) is 1. The van der Waals surface area contributed by atoms with Gasteiger partial charge in [-0.1, -0.05) is 11.6 Å². The largest absolute Gasteiger partial charge is 0.478 e. The molecule has 0 saturated carbocycles. The standard InChI is InChI=1S/C9H9ClO2/c1-5-6(2)8(10)4-3-7(5)9(11)12/h3-4H,1-2H3,(H,11,12). The van der Waals surface area contributed by atoms with E-state index >= 15 is 0 Å². The number of rotatable bonds is 1. The maximum atomic E-state index is 10.6. The molecule has 0 amide bonds. The summed E-state index contributed by atoms with van der Waals surface area (Å²) < 4.78 is 0. The second-order valence-corrected chi connectivity index (χ2v) is 3.06. The summed E-state index contributed by atoms with van der Waals surface area (Å²) in [6.07, 6.45) is 0. The second-order valence-electron chi connectivity index (χ2n) is 2.65. The highest BCUT2D eigenvalue weighted by atomic mass is 35.5. The number of carboxylic acid groups (broad SMARTS) is 1. The monoisotopic (exact) mass is 184 g/mol. The molecular weight excluding hydrogens is 176 g/mol. The molecule has 1 aromatic rings. The summed E-state index contributed by atoms with van der Waals surface area (Å²) in [7, 11) is 0. The van der Waals surface area contributed by atoms with E-state index in [0.29, 0.717) is 10.6 Å². The fourth-order valence-corrected chi connectivity index (χ4v) is 1.22. The maximum absolute atomic E-state index is 10.6. The summed E-state index contributed by atoms with van der Waals surface area (Å²) in [6.45, 7) is 3.56. The Morgan fingerprint density at radius 2 is 1.92 bits per heavy atom. The van der Waals surface area contributed by atoms with Gasteiger partial charge < -0.3 is 5.11 Å². The molecule has 0 fully saturated rings. The highest BCUT2D eigenvalue weighted by Crippen LogP contribution is 2.21. The smallest absolute Gasteiger partial charge is 0.335 e. The first-order chi connectivity index (χ1) is 5.54. The average molecular weight is 185 g/mol. The molecule has 64 valence electrons. The van der Waals surface area contributed by atoms with E-state index in [1.807, 2.05) is 6.92 Å². The molecular formula is C9H9ClO2. The highest BCUT2D eigenvalue weighted by molar-refractivity contribution is 6.31. The molecule has 0 spiro atoms. The van der Waals surface area contributed by atoms with Crippen LogP contribution < -0.4 is 0 Å². The Bertz CT molecular complexity index is 332. The van der Waals surface area contributed by atoms with Gasteiger partial charge in [0.1, 0.15) is 0 Å². The maximum Gasteiger partial charge on any atom is 0.335 e. The molecule has 0 heterocycles. The third-order valence-electron chi connectivity index (χ3n) is 1.95. The Kier molecular flexibility index (Phi) is 2.38. The van der Waals surface area contributed by atoms with Gasteiger partial charge in [-0.3, -0.25) is 0 Å². The van der Waals surface area contributed by atoms with Crippen molar-refractivity contribution in [2.24, 2.45) is 0 Å². The lowest BCUT2D eigenvalue weighted by Gasteiger charge is -2.05. The summed E-state index contributed by atoms with van der Waals surface area (Å²) in [6, 6.07) is 3.13. The topological polar surface area (TPSA) is 37.3 Å². The van der Waals surface area contributed by atoms with Crippen molar-refractivity contribution in [2.75, 3.05) is 0 Å². The molecule has 0 aliphatic rings. The molecule has 0 aliphatic heterocycles. The van der Waals surface area contributed by atoms with Crippen molar-refractivity contribution in [3.8, 4) is 0 Å². The van der Waals surface area contributed by atoms with E-state index in [1.54, 1.807) is 13.0 Å². The average Bonchev–Trinajstić information content (AvgIpc) is 2.00. The van der Waals surface area contributed by atoms with Gasteiger partial charge in [0.2, 0.25) is 0 Å². The minimum absolute atomic E-state index is 0.317. The zero-order valence-corrected chi connectivity index (χ0v) is 7.64. The van der Waals surface area contributed by atoms with Crippen LogP contribution >= 0.6 is 11.6 Å². The molecule has 0 aromatic heterocycles.